The lowest BCUT2D eigenvalue weighted by Crippen LogP contribution is -2.23. The van der Waals surface area contributed by atoms with Crippen LogP contribution in [0.2, 0.25) is 0 Å². The smallest absolute Gasteiger partial charge is 0.435 e. The molecule has 0 bridgehead atoms. The Balaban J connectivity index is 3.36. The molecule has 0 aliphatic carbocycles. The number of hydrogen-bond donors (Lipinski definition) is 1. The normalized spacial score (nSPS) is 13.4. The Bertz CT molecular complexity index is 467. The highest BCUT2D eigenvalue weighted by Gasteiger charge is 2.41. The van der Waals surface area contributed by atoms with Crippen LogP contribution < -0.4 is 0 Å². The molecule has 0 spiro atoms. The van der Waals surface area contributed by atoms with Gasteiger partial charge in [0.25, 0.3) is 0 Å². The fraction of sp³-hybridized carbons (Fsp3) is 0.429. The summed E-state index contributed by atoms with van der Waals surface area (Å²) < 4.78 is 37.5. The van der Waals surface area contributed by atoms with Gasteiger partial charge in [0.2, 0.25) is 0 Å². The van der Waals surface area contributed by atoms with Gasteiger partial charge in [-0.3, -0.25) is 0 Å². The van der Waals surface area contributed by atoms with Crippen molar-refractivity contribution in [1.82, 2.24) is 9.78 Å². The molecule has 0 unspecified atom stereocenters. The Labute approximate surface area is 91.6 Å². The fourth-order valence-electron chi connectivity index (χ4n) is 1.08. The SMILES string of the molecule is C[C@@H](C(=O)O)n1nc([N+](=O)[O-])cc1C(F)(F)F. The number of carboxylic acid groups (broad SMARTS) is 1. The van der Waals surface area contributed by atoms with E-state index in [0.717, 1.165) is 6.92 Å². The lowest BCUT2D eigenvalue weighted by molar-refractivity contribution is -0.389. The first-order valence-corrected chi connectivity index (χ1v) is 4.18. The van der Waals surface area contributed by atoms with Gasteiger partial charge in [0.15, 0.2) is 11.7 Å². The van der Waals surface area contributed by atoms with E-state index >= 15 is 0 Å². The highest BCUT2D eigenvalue weighted by Crippen LogP contribution is 2.33. The Morgan fingerprint density at radius 2 is 2.18 bits per heavy atom. The quantitative estimate of drug-likeness (QED) is 0.649. The van der Waals surface area contributed by atoms with E-state index in [4.69, 9.17) is 5.11 Å². The molecule has 1 aromatic heterocycles. The first-order valence-electron chi connectivity index (χ1n) is 4.18. The number of aromatic nitrogens is 2. The first-order chi connectivity index (χ1) is 7.64. The second-order valence-electron chi connectivity index (χ2n) is 3.10. The van der Waals surface area contributed by atoms with Gasteiger partial charge in [-0.1, -0.05) is 0 Å². The lowest BCUT2D eigenvalue weighted by Gasteiger charge is -2.09. The van der Waals surface area contributed by atoms with Crippen molar-refractivity contribution in [3.63, 3.8) is 0 Å². The molecular formula is C7H6F3N3O4. The van der Waals surface area contributed by atoms with Gasteiger partial charge < -0.3 is 15.2 Å². The molecule has 1 aromatic rings. The van der Waals surface area contributed by atoms with E-state index in [2.05, 4.69) is 5.10 Å². The summed E-state index contributed by atoms with van der Waals surface area (Å²) in [5.74, 6) is -2.63. The average molecular weight is 253 g/mol. The van der Waals surface area contributed by atoms with Crippen molar-refractivity contribution in [2.75, 3.05) is 0 Å². The molecule has 10 heteroatoms. The Morgan fingerprint density at radius 1 is 1.65 bits per heavy atom. The number of carboxylic acids is 1. The molecule has 7 nitrogen and oxygen atoms in total. The van der Waals surface area contributed by atoms with E-state index in [1.54, 1.807) is 0 Å². The number of alkyl halides is 3. The first kappa shape index (κ1) is 12.9. The van der Waals surface area contributed by atoms with Crippen molar-refractivity contribution < 1.29 is 28.0 Å². The summed E-state index contributed by atoms with van der Waals surface area (Å²) in [7, 11) is 0. The summed E-state index contributed by atoms with van der Waals surface area (Å²) in [5, 5.41) is 21.9. The minimum atomic E-state index is -4.91. The van der Waals surface area contributed by atoms with Gasteiger partial charge in [-0.05, 0) is 11.8 Å². The van der Waals surface area contributed by atoms with Gasteiger partial charge in [-0.15, -0.1) is 0 Å². The molecule has 0 radical (unpaired) electrons. The molecule has 0 saturated heterocycles. The van der Waals surface area contributed by atoms with Crippen LogP contribution in [0.4, 0.5) is 19.0 Å². The fourth-order valence-corrected chi connectivity index (χ4v) is 1.08. The topological polar surface area (TPSA) is 98.3 Å². The van der Waals surface area contributed by atoms with Gasteiger partial charge in [-0.25, -0.2) is 4.79 Å². The summed E-state index contributed by atoms with van der Waals surface area (Å²) in [6.45, 7) is 0.939. The van der Waals surface area contributed by atoms with Crippen LogP contribution in [0.5, 0.6) is 0 Å². The maximum atomic E-state index is 12.5. The summed E-state index contributed by atoms with van der Waals surface area (Å²) in [6.07, 6.45) is -4.91. The number of aliphatic carboxylic acids is 1. The van der Waals surface area contributed by atoms with Crippen LogP contribution >= 0.6 is 0 Å². The van der Waals surface area contributed by atoms with Crippen molar-refractivity contribution in [2.45, 2.75) is 19.1 Å². The average Bonchev–Trinajstić information content (AvgIpc) is 2.59. The van der Waals surface area contributed by atoms with Gasteiger partial charge >= 0.3 is 18.0 Å². The van der Waals surface area contributed by atoms with Crippen molar-refractivity contribution in [3.8, 4) is 0 Å². The van der Waals surface area contributed by atoms with E-state index in [-0.39, 0.29) is 10.7 Å². The van der Waals surface area contributed by atoms with Crippen LogP contribution in [0.15, 0.2) is 6.07 Å². The third kappa shape index (κ3) is 2.52. The molecule has 17 heavy (non-hydrogen) atoms. The van der Waals surface area contributed by atoms with E-state index in [0.29, 0.717) is 0 Å². The number of carbonyl (C=O) groups is 1. The van der Waals surface area contributed by atoms with E-state index < -0.39 is 34.6 Å². The molecule has 0 aromatic carbocycles. The van der Waals surface area contributed by atoms with Crippen LogP contribution in [0.25, 0.3) is 0 Å². The molecular weight excluding hydrogens is 247 g/mol. The summed E-state index contributed by atoms with van der Waals surface area (Å²) in [6, 6.07) is -1.46. The van der Waals surface area contributed by atoms with Crippen LogP contribution in [0.1, 0.15) is 18.7 Å². The Morgan fingerprint density at radius 3 is 2.53 bits per heavy atom. The van der Waals surface area contributed by atoms with Crippen LogP contribution in [-0.4, -0.2) is 25.8 Å². The Hall–Kier alpha value is -2.13. The van der Waals surface area contributed by atoms with Crippen LogP contribution in [-0.2, 0) is 11.0 Å². The zero-order valence-electron chi connectivity index (χ0n) is 8.30. The third-order valence-corrected chi connectivity index (χ3v) is 1.92. The van der Waals surface area contributed by atoms with Crippen molar-refractivity contribution in [2.24, 2.45) is 0 Å². The van der Waals surface area contributed by atoms with Crippen molar-refractivity contribution >= 4 is 11.8 Å². The number of rotatable bonds is 3. The number of nitro groups is 1. The molecule has 0 fully saturated rings. The van der Waals surface area contributed by atoms with E-state index in [1.165, 1.54) is 0 Å². The molecule has 1 N–H and O–H groups in total. The molecule has 0 aliphatic heterocycles. The lowest BCUT2D eigenvalue weighted by atomic mass is 10.3. The number of nitrogens with zero attached hydrogens (tertiary/aromatic N) is 3. The highest BCUT2D eigenvalue weighted by atomic mass is 19.4. The summed E-state index contributed by atoms with van der Waals surface area (Å²) in [4.78, 5) is 19.7. The van der Waals surface area contributed by atoms with Crippen molar-refractivity contribution in [3.05, 3.63) is 21.9 Å². The highest BCUT2D eigenvalue weighted by molar-refractivity contribution is 5.71. The van der Waals surface area contributed by atoms with Gasteiger partial charge in [-0.2, -0.15) is 17.9 Å². The zero-order valence-corrected chi connectivity index (χ0v) is 8.30. The number of halogens is 3. The predicted molar refractivity (Wildman–Crippen MR) is 46.2 cm³/mol. The third-order valence-electron chi connectivity index (χ3n) is 1.92. The maximum absolute atomic E-state index is 12.5. The molecule has 1 heterocycles. The monoisotopic (exact) mass is 253 g/mol. The largest absolute Gasteiger partial charge is 0.480 e. The summed E-state index contributed by atoms with van der Waals surface area (Å²) in [5.41, 5.74) is -1.47. The van der Waals surface area contributed by atoms with E-state index in [9.17, 15) is 28.1 Å². The molecule has 0 saturated carbocycles. The standard InChI is InChI=1S/C7H6F3N3O4/c1-3(6(14)15)12-4(7(8,9)10)2-5(11-12)13(16)17/h2-3H,1H3,(H,14,15)/t3-/m0/s1. The minimum Gasteiger partial charge on any atom is -0.480 e. The summed E-state index contributed by atoms with van der Waals surface area (Å²) >= 11 is 0. The van der Waals surface area contributed by atoms with E-state index in [1.807, 2.05) is 0 Å². The molecule has 0 amide bonds. The van der Waals surface area contributed by atoms with Crippen LogP contribution in [0.3, 0.4) is 0 Å². The van der Waals surface area contributed by atoms with Gasteiger partial charge in [0, 0.05) is 0 Å². The van der Waals surface area contributed by atoms with Crippen molar-refractivity contribution in [1.29, 1.82) is 0 Å². The van der Waals surface area contributed by atoms with Gasteiger partial charge in [0.05, 0.1) is 11.2 Å². The second kappa shape index (κ2) is 4.03. The van der Waals surface area contributed by atoms with Crippen LogP contribution in [0, 0.1) is 10.1 Å². The minimum absolute atomic E-state index is 0.0699. The molecule has 0 aliphatic rings. The maximum Gasteiger partial charge on any atom is 0.435 e. The zero-order chi connectivity index (χ0) is 13.4. The second-order valence-corrected chi connectivity index (χ2v) is 3.10. The predicted octanol–water partition coefficient (Wildman–Crippen LogP) is 1.46. The molecule has 94 valence electrons. The van der Waals surface area contributed by atoms with Gasteiger partial charge in [0.1, 0.15) is 0 Å². The molecule has 1 atom stereocenters. The molecule has 1 rings (SSSR count). The number of hydrogen-bond acceptors (Lipinski definition) is 4. The Kier molecular flexibility index (Phi) is 3.07.